The fourth-order valence-corrected chi connectivity index (χ4v) is 4.27. The van der Waals surface area contributed by atoms with Gasteiger partial charge in [-0.05, 0) is 69.0 Å². The molecular weight excluding hydrogens is 244 g/mol. The molecule has 2 aliphatic rings. The summed E-state index contributed by atoms with van der Waals surface area (Å²) in [6.07, 6.45) is 8.25. The van der Waals surface area contributed by atoms with Gasteiger partial charge in [-0.25, -0.2) is 0 Å². The van der Waals surface area contributed by atoms with Gasteiger partial charge in [0.2, 0.25) is 0 Å². The van der Waals surface area contributed by atoms with E-state index in [0.717, 1.165) is 12.0 Å². The Labute approximate surface area is 126 Å². The summed E-state index contributed by atoms with van der Waals surface area (Å²) in [5, 5.41) is 3.58. The average molecular weight is 281 g/mol. The third-order valence-corrected chi connectivity index (χ3v) is 6.30. The summed E-state index contributed by atoms with van der Waals surface area (Å²) in [5.74, 6) is 0.842. The SMILES string of the molecule is CCC1(C)CCN(CC2CC(C)(C)CCC2NC)CC1. The van der Waals surface area contributed by atoms with Crippen LogP contribution >= 0.6 is 0 Å². The summed E-state index contributed by atoms with van der Waals surface area (Å²) < 4.78 is 0. The third-order valence-electron chi connectivity index (χ3n) is 6.30. The lowest BCUT2D eigenvalue weighted by molar-refractivity contribution is 0.0632. The summed E-state index contributed by atoms with van der Waals surface area (Å²) in [6, 6.07) is 0.738. The van der Waals surface area contributed by atoms with Crippen LogP contribution in [-0.2, 0) is 0 Å². The number of hydrogen-bond acceptors (Lipinski definition) is 2. The summed E-state index contributed by atoms with van der Waals surface area (Å²) in [7, 11) is 2.15. The van der Waals surface area contributed by atoms with Crippen molar-refractivity contribution >= 4 is 0 Å². The Hall–Kier alpha value is -0.0800. The zero-order chi connectivity index (χ0) is 14.8. The summed E-state index contributed by atoms with van der Waals surface area (Å²) in [5.41, 5.74) is 1.16. The molecule has 118 valence electrons. The molecule has 0 radical (unpaired) electrons. The molecule has 0 aromatic heterocycles. The monoisotopic (exact) mass is 280 g/mol. The van der Waals surface area contributed by atoms with Crippen LogP contribution in [0.2, 0.25) is 0 Å². The van der Waals surface area contributed by atoms with Crippen molar-refractivity contribution in [3.63, 3.8) is 0 Å². The van der Waals surface area contributed by atoms with E-state index in [1.54, 1.807) is 0 Å². The molecule has 0 aromatic rings. The maximum Gasteiger partial charge on any atom is 0.0105 e. The van der Waals surface area contributed by atoms with E-state index in [1.807, 2.05) is 0 Å². The number of likely N-dealkylation sites (tertiary alicyclic amines) is 1. The smallest absolute Gasteiger partial charge is 0.0105 e. The van der Waals surface area contributed by atoms with Crippen LogP contribution in [0.1, 0.15) is 66.2 Å². The van der Waals surface area contributed by atoms with E-state index in [9.17, 15) is 0 Å². The standard InChI is InChI=1S/C18H36N2/c1-6-18(4)9-11-20(12-10-18)14-15-13-17(2,3)8-7-16(15)19-5/h15-16,19H,6-14H2,1-5H3. The molecule has 1 aliphatic heterocycles. The fraction of sp³-hybridized carbons (Fsp3) is 1.00. The lowest BCUT2D eigenvalue weighted by Gasteiger charge is -2.45. The molecule has 20 heavy (non-hydrogen) atoms. The number of piperidine rings is 1. The molecule has 0 bridgehead atoms. The Kier molecular flexibility index (Phi) is 5.18. The molecule has 1 N–H and O–H groups in total. The summed E-state index contributed by atoms with van der Waals surface area (Å²) in [4.78, 5) is 2.74. The Morgan fingerprint density at radius 3 is 2.30 bits per heavy atom. The Morgan fingerprint density at radius 1 is 1.10 bits per heavy atom. The van der Waals surface area contributed by atoms with E-state index in [1.165, 1.54) is 58.2 Å². The molecule has 0 spiro atoms. The predicted octanol–water partition coefficient (Wildman–Crippen LogP) is 3.91. The van der Waals surface area contributed by atoms with Crippen LogP contribution in [0.5, 0.6) is 0 Å². The van der Waals surface area contributed by atoms with Gasteiger partial charge in [0.05, 0.1) is 0 Å². The van der Waals surface area contributed by atoms with Crippen LogP contribution in [0.3, 0.4) is 0 Å². The lowest BCUT2D eigenvalue weighted by Crippen LogP contribution is -2.48. The second-order valence-corrected chi connectivity index (χ2v) is 8.53. The summed E-state index contributed by atoms with van der Waals surface area (Å²) in [6.45, 7) is 13.7. The molecule has 1 saturated heterocycles. The Bertz CT molecular complexity index is 303. The minimum Gasteiger partial charge on any atom is -0.317 e. The van der Waals surface area contributed by atoms with Crippen molar-refractivity contribution in [2.24, 2.45) is 16.7 Å². The van der Waals surface area contributed by atoms with E-state index in [0.29, 0.717) is 10.8 Å². The van der Waals surface area contributed by atoms with Crippen LogP contribution in [0.25, 0.3) is 0 Å². The van der Waals surface area contributed by atoms with Crippen molar-refractivity contribution in [3.05, 3.63) is 0 Å². The van der Waals surface area contributed by atoms with Crippen molar-refractivity contribution in [3.8, 4) is 0 Å². The van der Waals surface area contributed by atoms with Gasteiger partial charge in [-0.2, -0.15) is 0 Å². The third kappa shape index (κ3) is 3.98. The van der Waals surface area contributed by atoms with Crippen molar-refractivity contribution in [1.29, 1.82) is 0 Å². The van der Waals surface area contributed by atoms with Crippen LogP contribution in [0.4, 0.5) is 0 Å². The molecule has 2 heteroatoms. The molecule has 1 aliphatic carbocycles. The molecule has 2 fully saturated rings. The fourth-order valence-electron chi connectivity index (χ4n) is 4.27. The van der Waals surface area contributed by atoms with Gasteiger partial charge in [0.1, 0.15) is 0 Å². The highest BCUT2D eigenvalue weighted by Crippen LogP contribution is 2.40. The molecule has 2 nitrogen and oxygen atoms in total. The first-order chi connectivity index (χ1) is 9.37. The first-order valence-electron chi connectivity index (χ1n) is 8.77. The molecular formula is C18H36N2. The van der Waals surface area contributed by atoms with Gasteiger partial charge in [0.25, 0.3) is 0 Å². The van der Waals surface area contributed by atoms with E-state index < -0.39 is 0 Å². The van der Waals surface area contributed by atoms with Gasteiger partial charge in [0, 0.05) is 12.6 Å². The topological polar surface area (TPSA) is 15.3 Å². The highest BCUT2D eigenvalue weighted by atomic mass is 15.1. The minimum absolute atomic E-state index is 0.547. The van der Waals surface area contributed by atoms with Gasteiger partial charge in [-0.3, -0.25) is 0 Å². The normalized spacial score (nSPS) is 34.0. The van der Waals surface area contributed by atoms with Crippen LogP contribution in [0.15, 0.2) is 0 Å². The average Bonchev–Trinajstić information content (AvgIpc) is 2.41. The van der Waals surface area contributed by atoms with Crippen molar-refractivity contribution < 1.29 is 0 Å². The van der Waals surface area contributed by atoms with E-state index >= 15 is 0 Å². The second kappa shape index (κ2) is 6.36. The van der Waals surface area contributed by atoms with Crippen molar-refractivity contribution in [2.45, 2.75) is 72.3 Å². The highest BCUT2D eigenvalue weighted by molar-refractivity contribution is 4.91. The predicted molar refractivity (Wildman–Crippen MR) is 88.0 cm³/mol. The number of hydrogen-bond donors (Lipinski definition) is 1. The van der Waals surface area contributed by atoms with Gasteiger partial charge in [-0.1, -0.05) is 34.1 Å². The maximum absolute atomic E-state index is 3.58. The molecule has 1 heterocycles. The molecule has 0 amide bonds. The molecule has 1 saturated carbocycles. The van der Waals surface area contributed by atoms with Gasteiger partial charge < -0.3 is 10.2 Å². The molecule has 2 unspecified atom stereocenters. The van der Waals surface area contributed by atoms with Gasteiger partial charge in [0.15, 0.2) is 0 Å². The highest BCUT2D eigenvalue weighted by Gasteiger charge is 2.36. The first kappa shape index (κ1) is 16.3. The van der Waals surface area contributed by atoms with Crippen LogP contribution in [0, 0.1) is 16.7 Å². The largest absolute Gasteiger partial charge is 0.317 e. The Morgan fingerprint density at radius 2 is 1.75 bits per heavy atom. The van der Waals surface area contributed by atoms with Crippen molar-refractivity contribution in [1.82, 2.24) is 10.2 Å². The number of nitrogens with zero attached hydrogens (tertiary/aromatic N) is 1. The van der Waals surface area contributed by atoms with Crippen LogP contribution < -0.4 is 5.32 Å². The first-order valence-corrected chi connectivity index (χ1v) is 8.77. The van der Waals surface area contributed by atoms with Gasteiger partial charge in [-0.15, -0.1) is 0 Å². The molecule has 2 atom stereocenters. The van der Waals surface area contributed by atoms with E-state index in [2.05, 4.69) is 45.0 Å². The quantitative estimate of drug-likeness (QED) is 0.840. The maximum atomic E-state index is 3.58. The molecule has 2 rings (SSSR count). The number of rotatable bonds is 4. The molecule has 0 aromatic carbocycles. The Balaban J connectivity index is 1.88. The van der Waals surface area contributed by atoms with E-state index in [-0.39, 0.29) is 0 Å². The lowest BCUT2D eigenvalue weighted by atomic mass is 9.69. The zero-order valence-electron chi connectivity index (χ0n) is 14.5. The van der Waals surface area contributed by atoms with Crippen molar-refractivity contribution in [2.75, 3.05) is 26.7 Å². The van der Waals surface area contributed by atoms with Gasteiger partial charge >= 0.3 is 0 Å². The second-order valence-electron chi connectivity index (χ2n) is 8.53. The summed E-state index contributed by atoms with van der Waals surface area (Å²) >= 11 is 0. The van der Waals surface area contributed by atoms with Crippen LogP contribution in [-0.4, -0.2) is 37.6 Å². The minimum atomic E-state index is 0.547. The zero-order valence-corrected chi connectivity index (χ0v) is 14.5. The van der Waals surface area contributed by atoms with E-state index in [4.69, 9.17) is 0 Å². The number of nitrogens with one attached hydrogen (secondary N) is 1.